The average molecular weight is 595 g/mol. The molecule has 0 N–H and O–H groups in total. The second kappa shape index (κ2) is 10.6. The molecule has 212 valence electrons. The van der Waals surface area contributed by atoms with Crippen LogP contribution < -0.4 is 0 Å². The van der Waals surface area contributed by atoms with Crippen LogP contribution in [0.3, 0.4) is 0 Å². The third-order valence-corrected chi connectivity index (χ3v) is 9.64. The van der Waals surface area contributed by atoms with Crippen molar-refractivity contribution in [1.29, 1.82) is 0 Å². The maximum absolute atomic E-state index is 5.22. The van der Waals surface area contributed by atoms with Gasteiger partial charge in [0.2, 0.25) is 0 Å². The molecule has 8 aromatic rings. The third-order valence-electron chi connectivity index (χ3n) is 8.52. The van der Waals surface area contributed by atoms with Crippen molar-refractivity contribution in [1.82, 2.24) is 19.9 Å². The van der Waals surface area contributed by atoms with Gasteiger partial charge in [0.15, 0.2) is 11.6 Å². The summed E-state index contributed by atoms with van der Waals surface area (Å²) in [7, 11) is 0. The van der Waals surface area contributed by atoms with Crippen LogP contribution in [-0.4, -0.2) is 19.9 Å². The minimum Gasteiger partial charge on any atom is -0.228 e. The molecule has 3 heterocycles. The van der Waals surface area contributed by atoms with Crippen LogP contribution in [0.5, 0.6) is 0 Å². The lowest BCUT2D eigenvalue weighted by molar-refractivity contribution is 1.04. The molecule has 0 amide bonds. The molecular formula is C40H26N4S. The Morgan fingerprint density at radius 3 is 2.04 bits per heavy atom. The molecule has 0 radical (unpaired) electrons. The zero-order valence-electron chi connectivity index (χ0n) is 24.3. The van der Waals surface area contributed by atoms with Gasteiger partial charge in [-0.15, -0.1) is 11.3 Å². The SMILES string of the molecule is C1=CC(c2nc(-c3cccc4sc5cc(-c6nc(-c7ccccc7)c7ccccc7n6)ccc5c34)nc3ccccc23)=CCC1. The number of allylic oxidation sites excluding steroid dienone is 4. The van der Waals surface area contributed by atoms with E-state index in [1.54, 1.807) is 11.3 Å². The van der Waals surface area contributed by atoms with E-state index >= 15 is 0 Å². The molecular weight excluding hydrogens is 569 g/mol. The quantitative estimate of drug-likeness (QED) is 0.203. The topological polar surface area (TPSA) is 51.6 Å². The molecule has 0 atom stereocenters. The van der Waals surface area contributed by atoms with E-state index in [-0.39, 0.29) is 0 Å². The minimum atomic E-state index is 0.725. The van der Waals surface area contributed by atoms with Gasteiger partial charge >= 0.3 is 0 Å². The van der Waals surface area contributed by atoms with Crippen LogP contribution in [0.15, 0.2) is 133 Å². The monoisotopic (exact) mass is 594 g/mol. The van der Waals surface area contributed by atoms with Gasteiger partial charge in [-0.3, -0.25) is 0 Å². The van der Waals surface area contributed by atoms with Crippen LogP contribution in [0.4, 0.5) is 0 Å². The number of benzene rings is 5. The first kappa shape index (κ1) is 25.9. The second-order valence-electron chi connectivity index (χ2n) is 11.3. The van der Waals surface area contributed by atoms with Crippen molar-refractivity contribution in [3.8, 4) is 34.0 Å². The molecule has 1 aliphatic rings. The van der Waals surface area contributed by atoms with Gasteiger partial charge in [0, 0.05) is 47.6 Å². The molecule has 3 aromatic heterocycles. The highest BCUT2D eigenvalue weighted by Crippen LogP contribution is 2.41. The molecule has 0 unspecified atom stereocenters. The summed E-state index contributed by atoms with van der Waals surface area (Å²) >= 11 is 1.79. The van der Waals surface area contributed by atoms with Crippen LogP contribution in [0.25, 0.3) is 81.6 Å². The number of nitrogens with zero attached hydrogens (tertiary/aromatic N) is 4. The molecule has 9 rings (SSSR count). The predicted octanol–water partition coefficient (Wildman–Crippen LogP) is 10.7. The fraction of sp³-hybridized carbons (Fsp3) is 0.0500. The van der Waals surface area contributed by atoms with E-state index in [1.165, 1.54) is 25.7 Å². The first-order valence-corrected chi connectivity index (χ1v) is 16.0. The van der Waals surface area contributed by atoms with E-state index in [0.717, 1.165) is 74.4 Å². The predicted molar refractivity (Wildman–Crippen MR) is 188 cm³/mol. The Bertz CT molecular complexity index is 2490. The smallest absolute Gasteiger partial charge is 0.161 e. The molecule has 45 heavy (non-hydrogen) atoms. The largest absolute Gasteiger partial charge is 0.228 e. The van der Waals surface area contributed by atoms with Gasteiger partial charge in [-0.05, 0) is 42.7 Å². The van der Waals surface area contributed by atoms with Crippen molar-refractivity contribution >= 4 is 58.9 Å². The minimum absolute atomic E-state index is 0.725. The van der Waals surface area contributed by atoms with Crippen LogP contribution in [0.2, 0.25) is 0 Å². The molecule has 0 spiro atoms. The lowest BCUT2D eigenvalue weighted by atomic mass is 9.99. The van der Waals surface area contributed by atoms with Gasteiger partial charge < -0.3 is 0 Å². The molecule has 0 bridgehead atoms. The van der Waals surface area contributed by atoms with Gasteiger partial charge in [0.25, 0.3) is 0 Å². The summed E-state index contributed by atoms with van der Waals surface area (Å²) in [6.07, 6.45) is 8.82. The fourth-order valence-electron chi connectivity index (χ4n) is 6.38. The molecule has 4 nitrogen and oxygen atoms in total. The van der Waals surface area contributed by atoms with E-state index in [0.29, 0.717) is 0 Å². The highest BCUT2D eigenvalue weighted by Gasteiger charge is 2.18. The van der Waals surface area contributed by atoms with Gasteiger partial charge in [-0.1, -0.05) is 109 Å². The highest BCUT2D eigenvalue weighted by molar-refractivity contribution is 7.26. The number of para-hydroxylation sites is 2. The van der Waals surface area contributed by atoms with Crippen LogP contribution >= 0.6 is 11.3 Å². The average Bonchev–Trinajstić information content (AvgIpc) is 3.49. The normalized spacial score (nSPS) is 13.2. The van der Waals surface area contributed by atoms with Crippen molar-refractivity contribution in [2.24, 2.45) is 0 Å². The highest BCUT2D eigenvalue weighted by atomic mass is 32.1. The van der Waals surface area contributed by atoms with Crippen molar-refractivity contribution in [3.05, 3.63) is 139 Å². The number of rotatable bonds is 4. The fourth-order valence-corrected chi connectivity index (χ4v) is 7.55. The third kappa shape index (κ3) is 4.43. The molecule has 0 saturated heterocycles. The maximum atomic E-state index is 5.22. The molecule has 5 heteroatoms. The second-order valence-corrected chi connectivity index (χ2v) is 12.4. The Morgan fingerprint density at radius 2 is 1.24 bits per heavy atom. The summed E-state index contributed by atoms with van der Waals surface area (Å²) in [4.78, 5) is 20.4. The van der Waals surface area contributed by atoms with Crippen molar-refractivity contribution in [3.63, 3.8) is 0 Å². The Hall–Kier alpha value is -5.52. The van der Waals surface area contributed by atoms with Crippen molar-refractivity contribution in [2.45, 2.75) is 12.8 Å². The molecule has 1 aliphatic carbocycles. The summed E-state index contributed by atoms with van der Waals surface area (Å²) in [5, 5.41) is 4.50. The van der Waals surface area contributed by atoms with E-state index in [4.69, 9.17) is 19.9 Å². The standard InChI is InChI=1S/C40H26N4S/c1-3-12-25(13-4-1)37-28-16-7-9-19-32(28)41-39(43-37)27-22-23-30-35(24-27)45-34-21-11-18-31(36(30)34)40-42-33-20-10-8-17-29(33)38(44-40)26-14-5-2-6-15-26/h1,3-5,7-24H,2,6H2. The van der Waals surface area contributed by atoms with Crippen LogP contribution in [-0.2, 0) is 0 Å². The van der Waals surface area contributed by atoms with E-state index < -0.39 is 0 Å². The van der Waals surface area contributed by atoms with Gasteiger partial charge in [-0.25, -0.2) is 19.9 Å². The van der Waals surface area contributed by atoms with E-state index in [9.17, 15) is 0 Å². The van der Waals surface area contributed by atoms with Gasteiger partial charge in [0.1, 0.15) is 0 Å². The Labute approximate surface area is 264 Å². The Balaban J connectivity index is 1.22. The molecule has 0 fully saturated rings. The van der Waals surface area contributed by atoms with Crippen molar-refractivity contribution < 1.29 is 0 Å². The van der Waals surface area contributed by atoms with Crippen LogP contribution in [0.1, 0.15) is 18.5 Å². The Morgan fingerprint density at radius 1 is 0.511 bits per heavy atom. The van der Waals surface area contributed by atoms with Gasteiger partial charge in [0.05, 0.1) is 22.4 Å². The summed E-state index contributed by atoms with van der Waals surface area (Å²) in [6.45, 7) is 0. The number of hydrogen-bond donors (Lipinski definition) is 0. The molecule has 0 saturated carbocycles. The summed E-state index contributed by atoms with van der Waals surface area (Å²) in [6, 6.07) is 40.0. The molecule has 5 aromatic carbocycles. The molecule has 0 aliphatic heterocycles. The first-order chi connectivity index (χ1) is 22.3. The van der Waals surface area contributed by atoms with Gasteiger partial charge in [-0.2, -0.15) is 0 Å². The zero-order valence-corrected chi connectivity index (χ0v) is 25.1. The zero-order chi connectivity index (χ0) is 29.7. The van der Waals surface area contributed by atoms with Crippen molar-refractivity contribution in [2.75, 3.05) is 0 Å². The van der Waals surface area contributed by atoms with E-state index in [2.05, 4.69) is 109 Å². The lowest BCUT2D eigenvalue weighted by Crippen LogP contribution is -1.98. The first-order valence-electron chi connectivity index (χ1n) is 15.2. The Kier molecular flexibility index (Phi) is 6.10. The number of thiophene rings is 1. The van der Waals surface area contributed by atoms with E-state index in [1.807, 2.05) is 24.3 Å². The number of fused-ring (bicyclic) bond motifs is 5. The lowest BCUT2D eigenvalue weighted by Gasteiger charge is -2.12. The summed E-state index contributed by atoms with van der Waals surface area (Å²) in [5.41, 5.74) is 8.13. The maximum Gasteiger partial charge on any atom is 0.161 e. The number of hydrogen-bond acceptors (Lipinski definition) is 5. The number of aromatic nitrogens is 4. The summed E-state index contributed by atoms with van der Waals surface area (Å²) < 4.78 is 2.39. The van der Waals surface area contributed by atoms with Crippen LogP contribution in [0, 0.1) is 0 Å². The summed E-state index contributed by atoms with van der Waals surface area (Å²) in [5.74, 6) is 1.48.